The Morgan fingerprint density at radius 2 is 2.00 bits per heavy atom. The van der Waals surface area contributed by atoms with E-state index < -0.39 is 0 Å². The van der Waals surface area contributed by atoms with Gasteiger partial charge in [-0.15, -0.1) is 0 Å². The monoisotopic (exact) mass is 170 g/mol. The van der Waals surface area contributed by atoms with Crippen LogP contribution in [0.4, 0.5) is 0 Å². The molecule has 1 aliphatic heterocycles. The van der Waals surface area contributed by atoms with Crippen molar-refractivity contribution in [3.8, 4) is 0 Å². The van der Waals surface area contributed by atoms with Crippen molar-refractivity contribution in [3.63, 3.8) is 0 Å². The zero-order chi connectivity index (χ0) is 8.93. The molecule has 2 aliphatic rings. The summed E-state index contributed by atoms with van der Waals surface area (Å²) in [5, 5.41) is 9.71. The van der Waals surface area contributed by atoms with Crippen molar-refractivity contribution >= 4 is 0 Å². The second-order valence-corrected chi connectivity index (χ2v) is 4.85. The van der Waals surface area contributed by atoms with Gasteiger partial charge in [0.2, 0.25) is 0 Å². The number of hydrogen-bond acceptors (Lipinski definition) is 2. The molecule has 0 unspecified atom stereocenters. The molecule has 0 aromatic rings. The summed E-state index contributed by atoms with van der Waals surface area (Å²) >= 11 is 0. The summed E-state index contributed by atoms with van der Waals surface area (Å²) in [5.41, 5.74) is -0.00356. The molecule has 0 amide bonds. The highest BCUT2D eigenvalue weighted by atomic mass is 16.5. The largest absolute Gasteiger partial charge is 0.393 e. The molecule has 0 aromatic carbocycles. The normalized spacial score (nSPS) is 51.0. The van der Waals surface area contributed by atoms with Crippen LogP contribution in [0.5, 0.6) is 0 Å². The predicted molar refractivity (Wildman–Crippen MR) is 46.8 cm³/mol. The minimum absolute atomic E-state index is 0.00356. The van der Waals surface area contributed by atoms with Gasteiger partial charge >= 0.3 is 0 Å². The lowest BCUT2D eigenvalue weighted by Gasteiger charge is -2.29. The van der Waals surface area contributed by atoms with E-state index in [2.05, 4.69) is 20.8 Å². The summed E-state index contributed by atoms with van der Waals surface area (Å²) in [5.74, 6) is 0.886. The number of ether oxygens (including phenoxy) is 1. The highest BCUT2D eigenvalue weighted by Gasteiger charge is 2.49. The average molecular weight is 170 g/mol. The van der Waals surface area contributed by atoms with E-state index in [1.54, 1.807) is 0 Å². The van der Waals surface area contributed by atoms with Crippen LogP contribution >= 0.6 is 0 Å². The fraction of sp³-hybridized carbons (Fsp3) is 1.00. The van der Waals surface area contributed by atoms with Crippen LogP contribution in [0.3, 0.4) is 0 Å². The van der Waals surface area contributed by atoms with Crippen molar-refractivity contribution < 1.29 is 9.84 Å². The van der Waals surface area contributed by atoms with E-state index in [0.717, 1.165) is 12.8 Å². The van der Waals surface area contributed by atoms with Crippen LogP contribution in [0.2, 0.25) is 0 Å². The summed E-state index contributed by atoms with van der Waals surface area (Å²) in [6, 6.07) is 0. The lowest BCUT2D eigenvalue weighted by molar-refractivity contribution is -0.0490. The van der Waals surface area contributed by atoms with Gasteiger partial charge in [-0.1, -0.05) is 6.92 Å². The van der Waals surface area contributed by atoms with Gasteiger partial charge in [0.1, 0.15) is 0 Å². The van der Waals surface area contributed by atoms with Gasteiger partial charge in [0, 0.05) is 5.92 Å². The van der Waals surface area contributed by atoms with E-state index in [1.807, 2.05) is 0 Å². The van der Waals surface area contributed by atoms with Gasteiger partial charge in [-0.25, -0.2) is 0 Å². The maximum absolute atomic E-state index is 9.71. The molecule has 2 rings (SSSR count). The van der Waals surface area contributed by atoms with Gasteiger partial charge in [-0.2, -0.15) is 0 Å². The molecule has 70 valence electrons. The predicted octanol–water partition coefficient (Wildman–Crippen LogP) is 1.57. The molecule has 2 heteroatoms. The fourth-order valence-electron chi connectivity index (χ4n) is 2.55. The zero-order valence-corrected chi connectivity index (χ0v) is 8.08. The molecule has 0 aromatic heterocycles. The van der Waals surface area contributed by atoms with Crippen molar-refractivity contribution in [1.29, 1.82) is 0 Å². The van der Waals surface area contributed by atoms with Gasteiger partial charge in [-0.05, 0) is 32.6 Å². The molecule has 1 aliphatic carbocycles. The van der Waals surface area contributed by atoms with Gasteiger partial charge in [0.15, 0.2) is 0 Å². The van der Waals surface area contributed by atoms with Crippen molar-refractivity contribution in [2.45, 2.75) is 51.4 Å². The molecule has 2 bridgehead atoms. The smallest absolute Gasteiger partial charge is 0.0660 e. The number of hydrogen-bond donors (Lipinski definition) is 1. The van der Waals surface area contributed by atoms with E-state index in [9.17, 15) is 5.11 Å². The first-order valence-corrected chi connectivity index (χ1v) is 4.86. The van der Waals surface area contributed by atoms with Crippen LogP contribution in [0, 0.1) is 11.8 Å². The minimum Gasteiger partial charge on any atom is -0.393 e. The third-order valence-corrected chi connectivity index (χ3v) is 3.67. The van der Waals surface area contributed by atoms with E-state index in [4.69, 9.17) is 4.74 Å². The first-order valence-electron chi connectivity index (χ1n) is 4.86. The second kappa shape index (κ2) is 2.46. The van der Waals surface area contributed by atoms with E-state index in [1.165, 1.54) is 0 Å². The Hall–Kier alpha value is -0.0800. The third kappa shape index (κ3) is 1.09. The number of rotatable bonds is 0. The van der Waals surface area contributed by atoms with Crippen molar-refractivity contribution in [1.82, 2.24) is 0 Å². The third-order valence-electron chi connectivity index (χ3n) is 3.67. The minimum atomic E-state index is -0.143. The molecule has 1 N–H and O–H groups in total. The van der Waals surface area contributed by atoms with E-state index in [-0.39, 0.29) is 11.7 Å². The first kappa shape index (κ1) is 8.52. The maximum atomic E-state index is 9.71. The summed E-state index contributed by atoms with van der Waals surface area (Å²) in [6.45, 7) is 6.37. The average Bonchev–Trinajstić information content (AvgIpc) is 2.21. The maximum Gasteiger partial charge on any atom is 0.0660 e. The van der Waals surface area contributed by atoms with Crippen LogP contribution in [-0.4, -0.2) is 22.9 Å². The molecular formula is C10H18O2. The highest BCUT2D eigenvalue weighted by molar-refractivity contribution is 4.98. The quantitative estimate of drug-likeness (QED) is 0.598. The van der Waals surface area contributed by atoms with E-state index in [0.29, 0.717) is 17.9 Å². The lowest BCUT2D eigenvalue weighted by Crippen LogP contribution is -2.34. The first-order chi connectivity index (χ1) is 5.50. The molecule has 0 radical (unpaired) electrons. The molecule has 1 saturated heterocycles. The molecule has 2 nitrogen and oxygen atoms in total. The Balaban J connectivity index is 2.19. The molecule has 1 heterocycles. The molecule has 4 atom stereocenters. The highest BCUT2D eigenvalue weighted by Crippen LogP contribution is 2.46. The van der Waals surface area contributed by atoms with Gasteiger partial charge in [-0.3, -0.25) is 0 Å². The van der Waals surface area contributed by atoms with Crippen LogP contribution in [0.15, 0.2) is 0 Å². The second-order valence-electron chi connectivity index (χ2n) is 4.85. The number of aliphatic hydroxyl groups is 1. The van der Waals surface area contributed by atoms with Crippen LogP contribution in [0.1, 0.15) is 33.6 Å². The van der Waals surface area contributed by atoms with Crippen molar-refractivity contribution in [3.05, 3.63) is 0 Å². The molecule has 0 spiro atoms. The Morgan fingerprint density at radius 3 is 2.67 bits per heavy atom. The summed E-state index contributed by atoms with van der Waals surface area (Å²) in [6.07, 6.45) is 2.22. The Bertz CT molecular complexity index is 188. The SMILES string of the molecule is C[C@H]1[C@H](O)C[C@@H]2C[C@@H]1OC2(C)C. The topological polar surface area (TPSA) is 29.5 Å². The van der Waals surface area contributed by atoms with Crippen LogP contribution in [0.25, 0.3) is 0 Å². The summed E-state index contributed by atoms with van der Waals surface area (Å²) in [4.78, 5) is 0. The van der Waals surface area contributed by atoms with Crippen LogP contribution < -0.4 is 0 Å². The standard InChI is InChI=1S/C10H18O2/c1-6-8(11)4-7-5-9(6)12-10(7,2)3/h6-9,11H,4-5H2,1-3H3/t6-,7+,8+,9-/m0/s1. The molecule has 1 saturated carbocycles. The number of fused-ring (bicyclic) bond motifs is 2. The Morgan fingerprint density at radius 1 is 1.33 bits per heavy atom. The summed E-state index contributed by atoms with van der Waals surface area (Å²) in [7, 11) is 0. The van der Waals surface area contributed by atoms with Crippen molar-refractivity contribution in [2.24, 2.45) is 11.8 Å². The van der Waals surface area contributed by atoms with E-state index >= 15 is 0 Å². The molecule has 2 fully saturated rings. The Kier molecular flexibility index (Phi) is 1.74. The van der Waals surface area contributed by atoms with Gasteiger partial charge < -0.3 is 9.84 Å². The molecule has 12 heavy (non-hydrogen) atoms. The van der Waals surface area contributed by atoms with Gasteiger partial charge in [0.05, 0.1) is 17.8 Å². The zero-order valence-electron chi connectivity index (χ0n) is 8.08. The molecular weight excluding hydrogens is 152 g/mol. The fourth-order valence-corrected chi connectivity index (χ4v) is 2.55. The summed E-state index contributed by atoms with van der Waals surface area (Å²) < 4.78 is 5.90. The Labute approximate surface area is 73.9 Å². The van der Waals surface area contributed by atoms with Crippen molar-refractivity contribution in [2.75, 3.05) is 0 Å². The van der Waals surface area contributed by atoms with Gasteiger partial charge in [0.25, 0.3) is 0 Å². The lowest BCUT2D eigenvalue weighted by atomic mass is 9.76. The van der Waals surface area contributed by atoms with Crippen LogP contribution in [-0.2, 0) is 4.74 Å². The number of aliphatic hydroxyl groups excluding tert-OH is 1.